The van der Waals surface area contributed by atoms with E-state index in [1.807, 2.05) is 0 Å². The van der Waals surface area contributed by atoms with Crippen LogP contribution in [-0.4, -0.2) is 39.3 Å². The molecule has 1 heterocycles. The Hall–Kier alpha value is -0.180. The van der Waals surface area contributed by atoms with Crippen molar-refractivity contribution >= 4 is 64.7 Å². The Morgan fingerprint density at radius 3 is 2.80 bits per heavy atom. The normalized spacial score (nSPS) is 9.73. The number of hydrogen-bond acceptors (Lipinski definition) is 3. The van der Waals surface area contributed by atoms with Gasteiger partial charge in [-0.1, -0.05) is 11.6 Å². The molecule has 2 rings (SSSR count). The Morgan fingerprint density at radius 1 is 1.53 bits per heavy atom. The first-order valence-corrected chi connectivity index (χ1v) is 4.72. The van der Waals surface area contributed by atoms with Crippen molar-refractivity contribution in [2.24, 2.45) is 7.05 Å². The number of thiol groups is 1. The van der Waals surface area contributed by atoms with Crippen LogP contribution in [0.3, 0.4) is 0 Å². The van der Waals surface area contributed by atoms with E-state index in [0.29, 0.717) is 26.5 Å². The number of fused-ring (bicyclic) bond motifs is 1. The van der Waals surface area contributed by atoms with Gasteiger partial charge in [-0.05, 0) is 12.1 Å². The maximum atomic E-state index is 8.93. The first-order chi connectivity index (χ1) is 6.65. The molecule has 0 saturated carbocycles. The molecule has 0 radical (unpaired) electrons. The fourth-order valence-corrected chi connectivity index (χ4v) is 1.80. The van der Waals surface area contributed by atoms with Gasteiger partial charge in [0, 0.05) is 11.9 Å². The van der Waals surface area contributed by atoms with Gasteiger partial charge in [0.25, 0.3) is 0 Å². The van der Waals surface area contributed by atoms with E-state index >= 15 is 0 Å². The van der Waals surface area contributed by atoms with Gasteiger partial charge in [-0.25, -0.2) is 0 Å². The second-order valence-electron chi connectivity index (χ2n) is 2.88. The molecule has 0 spiro atoms. The van der Waals surface area contributed by atoms with Gasteiger partial charge in [-0.2, -0.15) is 10.4 Å². The van der Waals surface area contributed by atoms with Crippen molar-refractivity contribution < 1.29 is 0 Å². The zero-order valence-electron chi connectivity index (χ0n) is 7.32. The van der Waals surface area contributed by atoms with Crippen molar-refractivity contribution in [3.05, 3.63) is 22.8 Å². The number of rotatable bonds is 0. The number of hydrogen-bond donors (Lipinski definition) is 1. The van der Waals surface area contributed by atoms with Crippen LogP contribution >= 0.6 is 24.2 Å². The molecule has 0 aliphatic carbocycles. The van der Waals surface area contributed by atoms with Crippen LogP contribution < -0.4 is 0 Å². The zero-order valence-corrected chi connectivity index (χ0v) is 8.97. The molecular weight excluding hydrogens is 241 g/mol. The van der Waals surface area contributed by atoms with Crippen LogP contribution in [0.4, 0.5) is 0 Å². The summed E-state index contributed by atoms with van der Waals surface area (Å²) in [6.45, 7) is 0. The number of aryl methyl sites for hydroxylation is 1. The fourth-order valence-electron chi connectivity index (χ4n) is 1.37. The second kappa shape index (κ2) is 4.77. The summed E-state index contributed by atoms with van der Waals surface area (Å²) in [5, 5.41) is 14.2. The third-order valence-electron chi connectivity index (χ3n) is 2.02. The number of benzene rings is 1. The van der Waals surface area contributed by atoms with Crippen molar-refractivity contribution in [3.8, 4) is 6.07 Å². The van der Waals surface area contributed by atoms with Gasteiger partial charge in [-0.3, -0.25) is 4.68 Å². The van der Waals surface area contributed by atoms with Gasteiger partial charge in [-0.15, -0.1) is 12.6 Å². The van der Waals surface area contributed by atoms with Gasteiger partial charge in [0.15, 0.2) is 0 Å². The summed E-state index contributed by atoms with van der Waals surface area (Å²) in [7, 11) is 1.72. The third kappa shape index (κ3) is 2.03. The van der Waals surface area contributed by atoms with Crippen LogP contribution in [0.1, 0.15) is 5.69 Å². The van der Waals surface area contributed by atoms with Crippen LogP contribution in [-0.2, 0) is 7.05 Å². The Labute approximate surface area is 120 Å². The Bertz CT molecular complexity index is 558. The van der Waals surface area contributed by atoms with E-state index in [0.717, 1.165) is 0 Å². The molecule has 0 atom stereocenters. The molecule has 2 aromatic rings. The Balaban J connectivity index is 0.00000112. The van der Waals surface area contributed by atoms with Gasteiger partial charge >= 0.3 is 29.6 Å². The van der Waals surface area contributed by atoms with Gasteiger partial charge in [0.1, 0.15) is 11.8 Å². The molecule has 15 heavy (non-hydrogen) atoms. The minimum absolute atomic E-state index is 0. The maximum absolute atomic E-state index is 8.93. The van der Waals surface area contributed by atoms with Crippen LogP contribution in [0.2, 0.25) is 5.02 Å². The molecule has 0 bridgehead atoms. The number of nitrogens with zero attached hydrogens (tertiary/aromatic N) is 3. The predicted molar refractivity (Wildman–Crippen MR) is 64.8 cm³/mol. The molecule has 0 unspecified atom stereocenters. The second-order valence-corrected chi connectivity index (χ2v) is 3.74. The molecule has 1 aromatic heterocycles. The van der Waals surface area contributed by atoms with E-state index in [4.69, 9.17) is 16.9 Å². The topological polar surface area (TPSA) is 41.6 Å². The summed E-state index contributed by atoms with van der Waals surface area (Å²) in [6.07, 6.45) is 0. The predicted octanol–water partition coefficient (Wildman–Crippen LogP) is 1.74. The molecule has 0 N–H and O–H groups in total. The van der Waals surface area contributed by atoms with E-state index in [1.165, 1.54) is 4.68 Å². The van der Waals surface area contributed by atoms with Crippen LogP contribution in [0.25, 0.3) is 10.9 Å². The van der Waals surface area contributed by atoms with Crippen LogP contribution in [0, 0.1) is 11.3 Å². The van der Waals surface area contributed by atoms with Gasteiger partial charge in [0.05, 0.1) is 15.9 Å². The number of aromatic nitrogens is 2. The molecule has 0 amide bonds. The average molecular weight is 248 g/mol. The number of halogens is 1. The van der Waals surface area contributed by atoms with Gasteiger partial charge in [0.2, 0.25) is 0 Å². The molecule has 0 fully saturated rings. The standard InChI is InChI=1S/C9H6ClN3S.Na.H/c1-13-6(4-11)8-5(12-13)2-3-7(14)9(8)10;;/h2-3,14H,1H3;;. The summed E-state index contributed by atoms with van der Waals surface area (Å²) in [4.78, 5) is 0.656. The van der Waals surface area contributed by atoms with E-state index in [-0.39, 0.29) is 29.6 Å². The molecule has 72 valence electrons. The molecule has 0 saturated heterocycles. The molecular formula is C9H7ClN3NaS. The van der Waals surface area contributed by atoms with Crippen LogP contribution in [0.5, 0.6) is 0 Å². The summed E-state index contributed by atoms with van der Waals surface area (Å²) in [6, 6.07) is 5.63. The zero-order chi connectivity index (χ0) is 10.3. The SMILES string of the molecule is Cn1nc2ccc(S)c(Cl)c2c1C#N.[NaH]. The minimum atomic E-state index is 0. The molecule has 3 nitrogen and oxygen atoms in total. The van der Waals surface area contributed by atoms with Gasteiger partial charge < -0.3 is 0 Å². The number of nitriles is 1. The quantitative estimate of drug-likeness (QED) is 0.569. The van der Waals surface area contributed by atoms with Crippen molar-refractivity contribution in [2.45, 2.75) is 4.90 Å². The summed E-state index contributed by atoms with van der Waals surface area (Å²) in [5.74, 6) is 0. The third-order valence-corrected chi connectivity index (χ3v) is 2.92. The molecule has 0 aliphatic heterocycles. The first kappa shape index (κ1) is 12.9. The summed E-state index contributed by atoms with van der Waals surface area (Å²) in [5.41, 5.74) is 1.17. The monoisotopic (exact) mass is 247 g/mol. The summed E-state index contributed by atoms with van der Waals surface area (Å²) >= 11 is 10.2. The fraction of sp³-hybridized carbons (Fsp3) is 0.111. The first-order valence-electron chi connectivity index (χ1n) is 3.89. The summed E-state index contributed by atoms with van der Waals surface area (Å²) < 4.78 is 1.52. The van der Waals surface area contributed by atoms with Crippen molar-refractivity contribution in [1.82, 2.24) is 9.78 Å². The van der Waals surface area contributed by atoms with E-state index in [2.05, 4.69) is 23.8 Å². The Morgan fingerprint density at radius 2 is 2.20 bits per heavy atom. The van der Waals surface area contributed by atoms with E-state index in [9.17, 15) is 0 Å². The molecule has 1 aromatic carbocycles. The molecule has 0 aliphatic rings. The average Bonchev–Trinajstić information content (AvgIpc) is 2.48. The Kier molecular flexibility index (Phi) is 4.10. The van der Waals surface area contributed by atoms with E-state index < -0.39 is 0 Å². The molecule has 6 heteroatoms. The van der Waals surface area contributed by atoms with Crippen LogP contribution in [0.15, 0.2) is 17.0 Å². The van der Waals surface area contributed by atoms with Crippen molar-refractivity contribution in [3.63, 3.8) is 0 Å². The van der Waals surface area contributed by atoms with E-state index in [1.54, 1.807) is 19.2 Å². The van der Waals surface area contributed by atoms with Crippen molar-refractivity contribution in [2.75, 3.05) is 0 Å². The van der Waals surface area contributed by atoms with Crippen molar-refractivity contribution in [1.29, 1.82) is 5.26 Å².